The highest BCUT2D eigenvalue weighted by atomic mass is 32.1. The van der Waals surface area contributed by atoms with Crippen molar-refractivity contribution in [3.63, 3.8) is 0 Å². The molecule has 15 rings (SSSR count). The Morgan fingerprint density at radius 1 is 0.329 bits per heavy atom. The van der Waals surface area contributed by atoms with Crippen LogP contribution in [0.25, 0.3) is 92.2 Å². The lowest BCUT2D eigenvalue weighted by Crippen LogP contribution is -2.33. The van der Waals surface area contributed by atoms with Gasteiger partial charge in [0.05, 0.1) is 27.8 Å². The summed E-state index contributed by atoms with van der Waals surface area (Å²) in [7, 11) is 0. The molecule has 0 bridgehead atoms. The second kappa shape index (κ2) is 15.1. The van der Waals surface area contributed by atoms with E-state index in [1.54, 1.807) is 0 Å². The molecule has 1 spiro atoms. The predicted molar refractivity (Wildman–Crippen MR) is 296 cm³/mol. The van der Waals surface area contributed by atoms with Crippen molar-refractivity contribution < 1.29 is 0 Å². The molecule has 0 saturated carbocycles. The maximum Gasteiger partial charge on any atom is 0.0755 e. The largest absolute Gasteiger partial charge is 0.310 e. The van der Waals surface area contributed by atoms with Gasteiger partial charge in [-0.05, 0) is 128 Å². The third-order valence-electron chi connectivity index (χ3n) is 15.2. The number of anilines is 3. The van der Waals surface area contributed by atoms with Gasteiger partial charge in [-0.2, -0.15) is 0 Å². The lowest BCUT2D eigenvalue weighted by molar-refractivity contribution is 0.748. The quantitative estimate of drug-likeness (QED) is 0.161. The van der Waals surface area contributed by atoms with Gasteiger partial charge in [0.15, 0.2) is 0 Å². The van der Waals surface area contributed by atoms with Crippen molar-refractivity contribution >= 4 is 70.4 Å². The Morgan fingerprint density at radius 3 is 1.83 bits per heavy atom. The molecule has 1 aliphatic heterocycles. The second-order valence-corrected chi connectivity index (χ2v) is 19.8. The molecule has 0 radical (unpaired) electrons. The fraction of sp³-hybridized carbons (Fsp3) is 0.0149. The maximum absolute atomic E-state index is 2.53. The van der Waals surface area contributed by atoms with Crippen LogP contribution in [0.3, 0.4) is 0 Å². The Balaban J connectivity index is 0.968. The van der Waals surface area contributed by atoms with Crippen LogP contribution in [0.5, 0.6) is 0 Å². The average molecular weight is 907 g/mol. The van der Waals surface area contributed by atoms with Gasteiger partial charge < -0.3 is 9.47 Å². The lowest BCUT2D eigenvalue weighted by atomic mass is 9.65. The minimum Gasteiger partial charge on any atom is -0.310 e. The summed E-state index contributed by atoms with van der Waals surface area (Å²) < 4.78 is 5.16. The highest BCUT2D eigenvalue weighted by Gasteiger charge is 2.51. The zero-order valence-corrected chi connectivity index (χ0v) is 38.9. The Labute approximate surface area is 410 Å². The van der Waals surface area contributed by atoms with Crippen LogP contribution in [0, 0.1) is 0 Å². The van der Waals surface area contributed by atoms with Crippen LogP contribution in [0.2, 0.25) is 0 Å². The molecule has 1 atom stereocenters. The van der Waals surface area contributed by atoms with Crippen molar-refractivity contribution in [1.29, 1.82) is 0 Å². The third kappa shape index (κ3) is 5.55. The van der Waals surface area contributed by atoms with E-state index in [9.17, 15) is 0 Å². The first-order valence-corrected chi connectivity index (χ1v) is 25.0. The van der Waals surface area contributed by atoms with E-state index in [4.69, 9.17) is 0 Å². The van der Waals surface area contributed by atoms with Gasteiger partial charge in [-0.1, -0.05) is 188 Å². The first-order chi connectivity index (χ1) is 34.7. The molecule has 13 aromatic rings. The third-order valence-corrected chi connectivity index (χ3v) is 16.3. The topological polar surface area (TPSA) is 8.17 Å². The lowest BCUT2D eigenvalue weighted by Gasteiger charge is -2.40. The van der Waals surface area contributed by atoms with Crippen molar-refractivity contribution in [2.24, 2.45) is 0 Å². The molecule has 70 heavy (non-hydrogen) atoms. The van der Waals surface area contributed by atoms with Crippen LogP contribution in [-0.2, 0) is 5.41 Å². The Hall–Kier alpha value is -8.76. The van der Waals surface area contributed by atoms with Gasteiger partial charge in [0.2, 0.25) is 0 Å². The van der Waals surface area contributed by atoms with Crippen molar-refractivity contribution in [3.8, 4) is 50.2 Å². The van der Waals surface area contributed by atoms with Crippen LogP contribution < -0.4 is 4.90 Å². The van der Waals surface area contributed by atoms with Gasteiger partial charge in [-0.25, -0.2) is 0 Å². The summed E-state index contributed by atoms with van der Waals surface area (Å²) in [5.41, 5.74) is 21.4. The summed E-state index contributed by atoms with van der Waals surface area (Å²) >= 11 is 1.86. The molecule has 2 aromatic heterocycles. The van der Waals surface area contributed by atoms with E-state index in [2.05, 4.69) is 264 Å². The molecule has 0 amide bonds. The van der Waals surface area contributed by atoms with Gasteiger partial charge in [0.1, 0.15) is 0 Å². The van der Waals surface area contributed by atoms with Gasteiger partial charge >= 0.3 is 0 Å². The molecular formula is C67H42N2S. The second-order valence-electron chi connectivity index (χ2n) is 18.8. The molecular weight excluding hydrogens is 865 g/mol. The Morgan fingerprint density at radius 2 is 0.929 bits per heavy atom. The molecule has 1 aliphatic carbocycles. The highest BCUT2D eigenvalue weighted by molar-refractivity contribution is 7.25. The van der Waals surface area contributed by atoms with E-state index in [0.29, 0.717) is 0 Å². The predicted octanol–water partition coefficient (Wildman–Crippen LogP) is 18.3. The normalized spacial score (nSPS) is 14.3. The first kappa shape index (κ1) is 39.3. The number of hydrogen-bond acceptors (Lipinski definition) is 2. The molecule has 2 nitrogen and oxygen atoms in total. The molecule has 0 N–H and O–H groups in total. The molecule has 1 unspecified atom stereocenters. The Bertz CT molecular complexity index is 4250. The van der Waals surface area contributed by atoms with Crippen LogP contribution in [0.4, 0.5) is 17.1 Å². The van der Waals surface area contributed by atoms with E-state index in [-0.39, 0.29) is 0 Å². The van der Waals surface area contributed by atoms with E-state index in [1.807, 2.05) is 11.3 Å². The summed E-state index contributed by atoms with van der Waals surface area (Å²) in [4.78, 5) is 2.49. The number of thiophene rings is 1. The first-order valence-electron chi connectivity index (χ1n) is 24.2. The van der Waals surface area contributed by atoms with Crippen LogP contribution in [0.15, 0.2) is 255 Å². The number of hydrogen-bond donors (Lipinski definition) is 0. The van der Waals surface area contributed by atoms with E-state index < -0.39 is 5.41 Å². The van der Waals surface area contributed by atoms with Crippen LogP contribution in [-0.4, -0.2) is 4.57 Å². The number of benzene rings is 11. The molecule has 0 saturated heterocycles. The fourth-order valence-electron chi connectivity index (χ4n) is 12.2. The minimum absolute atomic E-state index is 0.577. The zero-order chi connectivity index (χ0) is 45.9. The SMILES string of the molecule is c1ccc(-c2cccc(-c3ccccc3N(c3ccc(-c4ccc5sc6ccccc6c5c4)cc3)c3ccc4c(c3)C3(c5ccccc5-4)c4ccccc4-n4c5ccccc5c5cccc3c54)c2)cc1. The van der Waals surface area contributed by atoms with Crippen molar-refractivity contribution in [2.45, 2.75) is 5.41 Å². The van der Waals surface area contributed by atoms with Crippen molar-refractivity contribution in [1.82, 2.24) is 4.57 Å². The van der Waals surface area contributed by atoms with Gasteiger partial charge in [0.25, 0.3) is 0 Å². The standard InChI is InChI=1S/C67H42N2S/c1-2-16-43(17-3-1)45-18-14-19-47(40-45)50-20-5-10-28-61(50)68(48-35-32-44(33-36-48)46-34-39-65-56(41-46)54-23-7-13-31-64(54)70-65)49-37-38-52-51-21-4-8-25-57(51)67(60(52)42-49)58-26-9-12-30-63(58)69-62-29-11-6-22-53(62)55-24-15-27-59(67)66(55)69/h1-42H. The van der Waals surface area contributed by atoms with Gasteiger partial charge in [-0.15, -0.1) is 11.3 Å². The van der Waals surface area contributed by atoms with Crippen molar-refractivity contribution in [2.75, 3.05) is 4.90 Å². The molecule has 3 heterocycles. The molecule has 0 fully saturated rings. The fourth-order valence-corrected chi connectivity index (χ4v) is 13.3. The van der Waals surface area contributed by atoms with Gasteiger partial charge in [-0.3, -0.25) is 0 Å². The average Bonchev–Trinajstić information content (AvgIpc) is 4.08. The Kier molecular flexibility index (Phi) is 8.48. The van der Waals surface area contributed by atoms with Crippen LogP contribution >= 0.6 is 11.3 Å². The molecule has 2 aliphatic rings. The molecule has 11 aromatic carbocycles. The van der Waals surface area contributed by atoms with E-state index in [0.717, 1.165) is 22.6 Å². The monoisotopic (exact) mass is 906 g/mol. The molecule has 326 valence electrons. The summed E-state index contributed by atoms with van der Waals surface area (Å²) in [5.74, 6) is 0. The minimum atomic E-state index is -0.577. The number of para-hydroxylation sites is 4. The van der Waals surface area contributed by atoms with E-state index in [1.165, 1.54) is 109 Å². The smallest absolute Gasteiger partial charge is 0.0755 e. The number of nitrogens with zero attached hydrogens (tertiary/aromatic N) is 2. The number of rotatable bonds is 6. The zero-order valence-electron chi connectivity index (χ0n) is 38.1. The number of fused-ring (bicyclic) bond motifs is 15. The number of aromatic nitrogens is 1. The maximum atomic E-state index is 2.53. The molecule has 3 heteroatoms. The summed E-state index contributed by atoms with van der Waals surface area (Å²) in [6.45, 7) is 0. The van der Waals surface area contributed by atoms with Crippen molar-refractivity contribution in [3.05, 3.63) is 277 Å². The highest BCUT2D eigenvalue weighted by Crippen LogP contribution is 2.62. The van der Waals surface area contributed by atoms with E-state index >= 15 is 0 Å². The van der Waals surface area contributed by atoms with Gasteiger partial charge in [0, 0.05) is 47.9 Å². The summed E-state index contributed by atoms with van der Waals surface area (Å²) in [6, 6.07) is 95.0. The summed E-state index contributed by atoms with van der Waals surface area (Å²) in [5, 5.41) is 5.18. The van der Waals surface area contributed by atoms with Crippen LogP contribution in [0.1, 0.15) is 22.3 Å². The summed E-state index contributed by atoms with van der Waals surface area (Å²) in [6.07, 6.45) is 0.